The van der Waals surface area contributed by atoms with E-state index < -0.39 is 15.7 Å². The zero-order valence-electron chi connectivity index (χ0n) is 15.9. The van der Waals surface area contributed by atoms with Crippen LogP contribution in [0.25, 0.3) is 0 Å². The smallest absolute Gasteiger partial charge is 0.191 e. The first-order chi connectivity index (χ1) is 12.8. The molecule has 7 heteroatoms. The molecule has 0 saturated carbocycles. The van der Waals surface area contributed by atoms with Gasteiger partial charge in [0, 0.05) is 20.1 Å². The molecule has 27 heavy (non-hydrogen) atoms. The first kappa shape index (κ1) is 20.9. The second-order valence-corrected chi connectivity index (χ2v) is 8.52. The molecule has 5 nitrogen and oxygen atoms in total. The van der Waals surface area contributed by atoms with E-state index in [4.69, 9.17) is 0 Å². The van der Waals surface area contributed by atoms with Gasteiger partial charge in [-0.25, -0.2) is 12.8 Å². The van der Waals surface area contributed by atoms with Crippen LogP contribution in [0, 0.1) is 12.7 Å². The van der Waals surface area contributed by atoms with Gasteiger partial charge in [0.05, 0.1) is 5.75 Å². The van der Waals surface area contributed by atoms with Crippen LogP contribution in [0.2, 0.25) is 0 Å². The second-order valence-electron chi connectivity index (χ2n) is 6.44. The van der Waals surface area contributed by atoms with Crippen molar-refractivity contribution >= 4 is 15.8 Å². The minimum atomic E-state index is -3.69. The molecule has 0 fully saturated rings. The minimum Gasteiger partial charge on any atom is -0.356 e. The maximum absolute atomic E-state index is 13.7. The van der Waals surface area contributed by atoms with Crippen LogP contribution in [-0.4, -0.2) is 40.3 Å². The van der Waals surface area contributed by atoms with Crippen LogP contribution < -0.4 is 10.6 Å². The summed E-state index contributed by atoms with van der Waals surface area (Å²) in [6.45, 7) is 4.95. The molecule has 0 saturated heterocycles. The van der Waals surface area contributed by atoms with E-state index in [-0.39, 0.29) is 23.1 Å². The molecule has 0 aromatic heterocycles. The van der Waals surface area contributed by atoms with Crippen molar-refractivity contribution in [1.82, 2.24) is 10.6 Å². The van der Waals surface area contributed by atoms with E-state index in [1.807, 2.05) is 6.07 Å². The topological polar surface area (TPSA) is 70.6 Å². The molecule has 0 heterocycles. The van der Waals surface area contributed by atoms with Gasteiger partial charge in [-0.3, -0.25) is 4.99 Å². The maximum Gasteiger partial charge on any atom is 0.191 e. The fourth-order valence-electron chi connectivity index (χ4n) is 2.68. The lowest BCUT2D eigenvalue weighted by Gasteiger charge is -2.17. The summed E-state index contributed by atoms with van der Waals surface area (Å²) in [7, 11) is -2.07. The fraction of sp³-hybridized carbons (Fsp3) is 0.350. The van der Waals surface area contributed by atoms with Crippen molar-refractivity contribution in [3.05, 3.63) is 65.5 Å². The van der Waals surface area contributed by atoms with Crippen molar-refractivity contribution in [1.29, 1.82) is 0 Å². The van der Waals surface area contributed by atoms with Crippen molar-refractivity contribution in [3.63, 3.8) is 0 Å². The summed E-state index contributed by atoms with van der Waals surface area (Å²) in [5.74, 6) is -0.168. The quantitative estimate of drug-likeness (QED) is 0.562. The molecular formula is C20H26FN3O2S. The number of guanidine groups is 1. The standard InChI is InChI=1S/C20H26FN3O2S/c1-15-7-6-8-17(13-15)16(2)14-24-20(22-3)23-11-12-27(25,26)19-10-5-4-9-18(19)21/h4-10,13,16H,11-12,14H2,1-3H3,(H2,22,23,24). The van der Waals surface area contributed by atoms with Gasteiger partial charge in [-0.05, 0) is 30.5 Å². The Kier molecular flexibility index (Phi) is 7.36. The minimum absolute atomic E-state index is 0.134. The van der Waals surface area contributed by atoms with Gasteiger partial charge in [-0.2, -0.15) is 0 Å². The second kappa shape index (κ2) is 9.50. The van der Waals surface area contributed by atoms with E-state index in [1.54, 1.807) is 7.05 Å². The number of halogens is 1. The molecule has 0 aliphatic rings. The summed E-state index contributed by atoms with van der Waals surface area (Å²) >= 11 is 0. The van der Waals surface area contributed by atoms with Crippen LogP contribution >= 0.6 is 0 Å². The third-order valence-corrected chi connectivity index (χ3v) is 5.99. The zero-order valence-corrected chi connectivity index (χ0v) is 16.7. The molecule has 0 spiro atoms. The Morgan fingerprint density at radius 2 is 1.89 bits per heavy atom. The molecule has 0 aliphatic heterocycles. The molecule has 2 aromatic carbocycles. The maximum atomic E-state index is 13.7. The predicted molar refractivity (Wildman–Crippen MR) is 107 cm³/mol. The molecule has 2 rings (SSSR count). The van der Waals surface area contributed by atoms with Gasteiger partial charge in [0.25, 0.3) is 0 Å². The van der Waals surface area contributed by atoms with Crippen molar-refractivity contribution < 1.29 is 12.8 Å². The summed E-state index contributed by atoms with van der Waals surface area (Å²) in [6, 6.07) is 13.7. The number of aryl methyl sites for hydroxylation is 1. The Labute approximate surface area is 160 Å². The Balaban J connectivity index is 1.86. The van der Waals surface area contributed by atoms with Crippen LogP contribution in [0.5, 0.6) is 0 Å². The Hall–Kier alpha value is -2.41. The predicted octanol–water partition coefficient (Wildman–Crippen LogP) is 2.88. The van der Waals surface area contributed by atoms with Gasteiger partial charge in [-0.1, -0.05) is 48.9 Å². The van der Waals surface area contributed by atoms with E-state index in [2.05, 4.69) is 47.7 Å². The molecule has 2 aromatic rings. The lowest BCUT2D eigenvalue weighted by molar-refractivity contribution is 0.566. The molecule has 0 amide bonds. The zero-order chi connectivity index (χ0) is 19.9. The van der Waals surface area contributed by atoms with Gasteiger partial charge in [-0.15, -0.1) is 0 Å². The van der Waals surface area contributed by atoms with Crippen LogP contribution in [0.4, 0.5) is 4.39 Å². The highest BCUT2D eigenvalue weighted by molar-refractivity contribution is 7.91. The molecule has 1 atom stereocenters. The number of nitrogens with zero attached hydrogens (tertiary/aromatic N) is 1. The third-order valence-electron chi connectivity index (χ3n) is 4.25. The normalized spacial score (nSPS) is 13.3. The molecule has 0 radical (unpaired) electrons. The summed E-state index contributed by atoms with van der Waals surface area (Å²) < 4.78 is 38.2. The number of rotatable bonds is 7. The van der Waals surface area contributed by atoms with Crippen LogP contribution in [-0.2, 0) is 9.84 Å². The Morgan fingerprint density at radius 1 is 1.15 bits per heavy atom. The van der Waals surface area contributed by atoms with Crippen molar-refractivity contribution in [2.45, 2.75) is 24.7 Å². The monoisotopic (exact) mass is 391 g/mol. The van der Waals surface area contributed by atoms with E-state index in [1.165, 1.54) is 29.3 Å². The lowest BCUT2D eigenvalue weighted by Crippen LogP contribution is -2.41. The SMILES string of the molecule is CN=C(NCCS(=O)(=O)c1ccccc1F)NCC(C)c1cccc(C)c1. The van der Waals surface area contributed by atoms with Crippen molar-refractivity contribution in [2.75, 3.05) is 25.9 Å². The number of hydrogen-bond donors (Lipinski definition) is 2. The van der Waals surface area contributed by atoms with Crippen LogP contribution in [0.3, 0.4) is 0 Å². The number of benzene rings is 2. The van der Waals surface area contributed by atoms with Crippen LogP contribution in [0.1, 0.15) is 24.0 Å². The summed E-state index contributed by atoms with van der Waals surface area (Å²) in [5.41, 5.74) is 2.43. The third kappa shape index (κ3) is 6.06. The summed E-state index contributed by atoms with van der Waals surface area (Å²) in [6.07, 6.45) is 0. The number of nitrogens with one attached hydrogen (secondary N) is 2. The van der Waals surface area contributed by atoms with E-state index in [9.17, 15) is 12.8 Å². The Morgan fingerprint density at radius 3 is 2.56 bits per heavy atom. The highest BCUT2D eigenvalue weighted by Crippen LogP contribution is 2.16. The van der Waals surface area contributed by atoms with Gasteiger partial charge < -0.3 is 10.6 Å². The van der Waals surface area contributed by atoms with Gasteiger partial charge in [0.15, 0.2) is 15.8 Å². The van der Waals surface area contributed by atoms with E-state index in [0.29, 0.717) is 12.5 Å². The van der Waals surface area contributed by atoms with Crippen molar-refractivity contribution in [3.8, 4) is 0 Å². The first-order valence-corrected chi connectivity index (χ1v) is 10.5. The van der Waals surface area contributed by atoms with Crippen LogP contribution in [0.15, 0.2) is 58.4 Å². The summed E-state index contributed by atoms with van der Waals surface area (Å²) in [5, 5.41) is 6.16. The van der Waals surface area contributed by atoms with Crippen molar-refractivity contribution in [2.24, 2.45) is 4.99 Å². The first-order valence-electron chi connectivity index (χ1n) is 8.82. The average Bonchev–Trinajstić information content (AvgIpc) is 2.64. The number of aliphatic imine (C=N–C) groups is 1. The van der Waals surface area contributed by atoms with E-state index >= 15 is 0 Å². The highest BCUT2D eigenvalue weighted by Gasteiger charge is 2.18. The molecule has 0 bridgehead atoms. The van der Waals surface area contributed by atoms with E-state index in [0.717, 1.165) is 6.07 Å². The molecule has 146 valence electrons. The molecule has 0 aliphatic carbocycles. The fourth-order valence-corrected chi connectivity index (χ4v) is 3.92. The molecular weight excluding hydrogens is 365 g/mol. The molecule has 2 N–H and O–H groups in total. The number of hydrogen-bond acceptors (Lipinski definition) is 3. The average molecular weight is 392 g/mol. The largest absolute Gasteiger partial charge is 0.356 e. The highest BCUT2D eigenvalue weighted by atomic mass is 32.2. The Bertz CT molecular complexity index is 898. The summed E-state index contributed by atoms with van der Waals surface area (Å²) in [4.78, 5) is 3.83. The van der Waals surface area contributed by atoms with Gasteiger partial charge >= 0.3 is 0 Å². The molecule has 1 unspecified atom stereocenters. The van der Waals surface area contributed by atoms with Gasteiger partial charge in [0.2, 0.25) is 0 Å². The van der Waals surface area contributed by atoms with Gasteiger partial charge in [0.1, 0.15) is 10.7 Å². The lowest BCUT2D eigenvalue weighted by atomic mass is 9.99. The number of sulfone groups is 1.